The zero-order valence-electron chi connectivity index (χ0n) is 9.77. The molecule has 86 valence electrons. The number of rotatable bonds is 4. The van der Waals surface area contributed by atoms with Crippen LogP contribution >= 0.6 is 11.3 Å². The van der Waals surface area contributed by atoms with E-state index in [2.05, 4.69) is 20.8 Å². The Balaban J connectivity index is 2.15. The molecule has 1 unspecified atom stereocenters. The third kappa shape index (κ3) is 2.31. The van der Waals surface area contributed by atoms with E-state index in [1.807, 2.05) is 38.0 Å². The minimum Gasteiger partial charge on any atom is -0.311 e. The molecular weight excluding hydrogens is 220 g/mol. The zero-order valence-corrected chi connectivity index (χ0v) is 10.6. The summed E-state index contributed by atoms with van der Waals surface area (Å²) >= 11 is 1.72. The molecule has 0 saturated carbocycles. The van der Waals surface area contributed by atoms with Gasteiger partial charge in [-0.05, 0) is 20.0 Å². The summed E-state index contributed by atoms with van der Waals surface area (Å²) in [5, 5.41) is 10.8. The van der Waals surface area contributed by atoms with Crippen LogP contribution in [0.15, 0.2) is 17.6 Å². The fraction of sp³-hybridized carbons (Fsp3) is 0.455. The van der Waals surface area contributed by atoms with Crippen molar-refractivity contribution in [2.24, 2.45) is 7.05 Å². The maximum atomic E-state index is 4.49. The van der Waals surface area contributed by atoms with Crippen molar-refractivity contribution in [1.29, 1.82) is 0 Å². The van der Waals surface area contributed by atoms with E-state index < -0.39 is 0 Å². The van der Waals surface area contributed by atoms with Crippen molar-refractivity contribution in [2.45, 2.75) is 19.4 Å². The molecule has 0 fully saturated rings. The Labute approximate surface area is 99.3 Å². The predicted octanol–water partition coefficient (Wildman–Crippen LogP) is 1.69. The highest BCUT2D eigenvalue weighted by Gasteiger charge is 2.15. The van der Waals surface area contributed by atoms with Crippen LogP contribution in [0.5, 0.6) is 0 Å². The Bertz CT molecular complexity index is 460. The Morgan fingerprint density at radius 1 is 1.56 bits per heavy atom. The first-order chi connectivity index (χ1) is 7.70. The van der Waals surface area contributed by atoms with Crippen molar-refractivity contribution in [3.05, 3.63) is 34.0 Å². The molecule has 0 spiro atoms. The van der Waals surface area contributed by atoms with Crippen LogP contribution in [-0.2, 0) is 13.5 Å². The highest BCUT2D eigenvalue weighted by molar-refractivity contribution is 7.09. The van der Waals surface area contributed by atoms with Crippen LogP contribution < -0.4 is 5.32 Å². The van der Waals surface area contributed by atoms with E-state index in [1.165, 1.54) is 5.69 Å². The lowest BCUT2D eigenvalue weighted by Gasteiger charge is -2.14. The first-order valence-electron chi connectivity index (χ1n) is 5.27. The monoisotopic (exact) mass is 236 g/mol. The van der Waals surface area contributed by atoms with Gasteiger partial charge in [0.05, 0.1) is 16.7 Å². The van der Waals surface area contributed by atoms with Gasteiger partial charge in [-0.2, -0.15) is 5.10 Å². The summed E-state index contributed by atoms with van der Waals surface area (Å²) in [7, 11) is 3.94. The van der Waals surface area contributed by atoms with E-state index >= 15 is 0 Å². The topological polar surface area (TPSA) is 42.7 Å². The van der Waals surface area contributed by atoms with Crippen molar-refractivity contribution in [3.8, 4) is 0 Å². The van der Waals surface area contributed by atoms with Crippen molar-refractivity contribution in [3.63, 3.8) is 0 Å². The van der Waals surface area contributed by atoms with E-state index in [0.717, 1.165) is 17.1 Å². The first-order valence-corrected chi connectivity index (χ1v) is 6.15. The van der Waals surface area contributed by atoms with Gasteiger partial charge < -0.3 is 5.32 Å². The van der Waals surface area contributed by atoms with Crippen LogP contribution in [0, 0.1) is 6.92 Å². The lowest BCUT2D eigenvalue weighted by molar-refractivity contribution is 0.536. The SMILES string of the molecule is CNC(Cc1nc(C)cs1)c1ccnn1C. The number of aromatic nitrogens is 3. The van der Waals surface area contributed by atoms with Gasteiger partial charge in [0.1, 0.15) is 0 Å². The van der Waals surface area contributed by atoms with E-state index in [1.54, 1.807) is 11.3 Å². The molecule has 0 aliphatic carbocycles. The van der Waals surface area contributed by atoms with Crippen molar-refractivity contribution >= 4 is 11.3 Å². The second kappa shape index (κ2) is 4.76. The lowest BCUT2D eigenvalue weighted by Crippen LogP contribution is -2.21. The number of aryl methyl sites for hydroxylation is 2. The summed E-state index contributed by atoms with van der Waals surface area (Å²) in [5.74, 6) is 0. The molecule has 2 heterocycles. The number of nitrogens with zero attached hydrogens (tertiary/aromatic N) is 3. The van der Waals surface area contributed by atoms with Crippen LogP contribution in [0.2, 0.25) is 0 Å². The van der Waals surface area contributed by atoms with Gasteiger partial charge in [-0.15, -0.1) is 11.3 Å². The van der Waals surface area contributed by atoms with E-state index in [9.17, 15) is 0 Å². The fourth-order valence-corrected chi connectivity index (χ4v) is 2.57. The molecule has 0 aromatic carbocycles. The molecule has 1 N–H and O–H groups in total. The molecule has 0 aliphatic heterocycles. The molecule has 5 heteroatoms. The Hall–Kier alpha value is -1.20. The van der Waals surface area contributed by atoms with Gasteiger partial charge in [-0.1, -0.05) is 0 Å². The fourth-order valence-electron chi connectivity index (χ4n) is 1.75. The molecule has 0 radical (unpaired) electrons. The van der Waals surface area contributed by atoms with E-state index in [4.69, 9.17) is 0 Å². The van der Waals surface area contributed by atoms with Gasteiger partial charge in [0.15, 0.2) is 0 Å². The summed E-state index contributed by atoms with van der Waals surface area (Å²) in [6.07, 6.45) is 2.74. The van der Waals surface area contributed by atoms with Gasteiger partial charge in [0.2, 0.25) is 0 Å². The predicted molar refractivity (Wildman–Crippen MR) is 65.6 cm³/mol. The summed E-state index contributed by atoms with van der Waals surface area (Å²) < 4.78 is 1.90. The minimum absolute atomic E-state index is 0.276. The number of hydrogen-bond acceptors (Lipinski definition) is 4. The Kier molecular flexibility index (Phi) is 3.36. The summed E-state index contributed by atoms with van der Waals surface area (Å²) in [4.78, 5) is 4.49. The van der Waals surface area contributed by atoms with Crippen molar-refractivity contribution in [1.82, 2.24) is 20.1 Å². The maximum Gasteiger partial charge on any atom is 0.0947 e. The highest BCUT2D eigenvalue weighted by atomic mass is 32.1. The minimum atomic E-state index is 0.276. The molecule has 1 atom stereocenters. The second-order valence-corrected chi connectivity index (χ2v) is 4.75. The van der Waals surface area contributed by atoms with Crippen LogP contribution in [0.1, 0.15) is 22.4 Å². The van der Waals surface area contributed by atoms with Gasteiger partial charge in [-0.25, -0.2) is 4.98 Å². The number of nitrogens with one attached hydrogen (secondary N) is 1. The van der Waals surface area contributed by atoms with E-state index in [-0.39, 0.29) is 6.04 Å². The number of likely N-dealkylation sites (N-methyl/N-ethyl adjacent to an activating group) is 1. The van der Waals surface area contributed by atoms with Crippen LogP contribution in [0.25, 0.3) is 0 Å². The summed E-state index contributed by atoms with van der Waals surface area (Å²) in [5.41, 5.74) is 2.29. The third-order valence-corrected chi connectivity index (χ3v) is 3.60. The standard InChI is InChI=1S/C11H16N4S/c1-8-7-16-11(14-8)6-9(12-2)10-4-5-13-15(10)3/h4-5,7,9,12H,6H2,1-3H3. The van der Waals surface area contributed by atoms with Gasteiger partial charge in [0.25, 0.3) is 0 Å². The third-order valence-electron chi connectivity index (χ3n) is 2.61. The smallest absolute Gasteiger partial charge is 0.0947 e. The average molecular weight is 236 g/mol. The molecule has 0 amide bonds. The highest BCUT2D eigenvalue weighted by Crippen LogP contribution is 2.19. The maximum absolute atomic E-state index is 4.49. The second-order valence-electron chi connectivity index (χ2n) is 3.81. The van der Waals surface area contributed by atoms with Gasteiger partial charge >= 0.3 is 0 Å². The number of thiazole rings is 1. The van der Waals surface area contributed by atoms with Crippen LogP contribution in [-0.4, -0.2) is 21.8 Å². The summed E-state index contributed by atoms with van der Waals surface area (Å²) in [6.45, 7) is 2.03. The van der Waals surface area contributed by atoms with Crippen LogP contribution in [0.4, 0.5) is 0 Å². The molecular formula is C11H16N4S. The zero-order chi connectivity index (χ0) is 11.5. The molecule has 2 aromatic rings. The number of hydrogen-bond donors (Lipinski definition) is 1. The molecule has 2 aromatic heterocycles. The van der Waals surface area contributed by atoms with Gasteiger partial charge in [-0.3, -0.25) is 4.68 Å². The van der Waals surface area contributed by atoms with Crippen molar-refractivity contribution in [2.75, 3.05) is 7.05 Å². The molecule has 0 bridgehead atoms. The quantitative estimate of drug-likeness (QED) is 0.878. The Morgan fingerprint density at radius 3 is 2.88 bits per heavy atom. The largest absolute Gasteiger partial charge is 0.311 e. The average Bonchev–Trinajstić information content (AvgIpc) is 2.84. The first kappa shape index (κ1) is 11.3. The normalized spacial score (nSPS) is 12.9. The Morgan fingerprint density at radius 2 is 2.38 bits per heavy atom. The molecule has 4 nitrogen and oxygen atoms in total. The molecule has 0 saturated heterocycles. The van der Waals surface area contributed by atoms with Crippen LogP contribution in [0.3, 0.4) is 0 Å². The molecule has 2 rings (SSSR count). The van der Waals surface area contributed by atoms with Crippen molar-refractivity contribution < 1.29 is 0 Å². The van der Waals surface area contributed by atoms with E-state index in [0.29, 0.717) is 0 Å². The molecule has 0 aliphatic rings. The molecule has 16 heavy (non-hydrogen) atoms. The van der Waals surface area contributed by atoms with Gasteiger partial charge in [0, 0.05) is 30.7 Å². The summed E-state index contributed by atoms with van der Waals surface area (Å²) in [6, 6.07) is 2.32. The lowest BCUT2D eigenvalue weighted by atomic mass is 10.1.